The molecule has 0 spiro atoms. The molecular weight excluding hydrogens is 232 g/mol. The van der Waals surface area contributed by atoms with E-state index in [1.165, 1.54) is 23.8 Å². The molecule has 1 aliphatic rings. The van der Waals surface area contributed by atoms with E-state index >= 15 is 0 Å². The second-order valence-electron chi connectivity index (χ2n) is 6.20. The summed E-state index contributed by atoms with van der Waals surface area (Å²) in [7, 11) is 0. The van der Waals surface area contributed by atoms with Crippen LogP contribution in [-0.2, 0) is 5.54 Å². The van der Waals surface area contributed by atoms with Gasteiger partial charge in [-0.05, 0) is 42.4 Å². The predicted molar refractivity (Wildman–Crippen MR) is 79.8 cm³/mol. The van der Waals surface area contributed by atoms with Crippen molar-refractivity contribution < 1.29 is 0 Å². The molecule has 2 N–H and O–H groups in total. The molecule has 0 aliphatic heterocycles. The lowest BCUT2D eigenvalue weighted by atomic mass is 9.66. The highest BCUT2D eigenvalue weighted by molar-refractivity contribution is 5.83. The van der Waals surface area contributed by atoms with Crippen molar-refractivity contribution >= 4 is 10.9 Å². The zero-order valence-electron chi connectivity index (χ0n) is 11.8. The van der Waals surface area contributed by atoms with Gasteiger partial charge in [0, 0.05) is 17.1 Å². The first-order valence-electron chi connectivity index (χ1n) is 7.24. The van der Waals surface area contributed by atoms with Crippen molar-refractivity contribution in [1.82, 2.24) is 4.98 Å². The summed E-state index contributed by atoms with van der Waals surface area (Å²) >= 11 is 0. The van der Waals surface area contributed by atoms with Gasteiger partial charge in [-0.1, -0.05) is 38.5 Å². The van der Waals surface area contributed by atoms with E-state index in [9.17, 15) is 0 Å². The Morgan fingerprint density at radius 1 is 1.16 bits per heavy atom. The molecule has 3 unspecified atom stereocenters. The van der Waals surface area contributed by atoms with Gasteiger partial charge in [0.05, 0.1) is 5.52 Å². The van der Waals surface area contributed by atoms with Gasteiger partial charge in [0.25, 0.3) is 0 Å². The first-order valence-corrected chi connectivity index (χ1v) is 7.24. The van der Waals surface area contributed by atoms with Crippen molar-refractivity contribution in [1.29, 1.82) is 0 Å². The number of benzene rings is 1. The van der Waals surface area contributed by atoms with E-state index in [2.05, 4.69) is 43.1 Å². The van der Waals surface area contributed by atoms with Crippen molar-refractivity contribution in [3.05, 3.63) is 42.1 Å². The summed E-state index contributed by atoms with van der Waals surface area (Å²) in [6, 6.07) is 10.5. The summed E-state index contributed by atoms with van der Waals surface area (Å²) < 4.78 is 0. The molecule has 3 rings (SSSR count). The van der Waals surface area contributed by atoms with Crippen molar-refractivity contribution in [2.75, 3.05) is 0 Å². The van der Waals surface area contributed by atoms with E-state index in [0.717, 1.165) is 11.9 Å². The quantitative estimate of drug-likeness (QED) is 0.839. The number of nitrogens with two attached hydrogens (primary N) is 1. The Balaban J connectivity index is 2.17. The highest BCUT2D eigenvalue weighted by atomic mass is 14.8. The van der Waals surface area contributed by atoms with Gasteiger partial charge in [-0.2, -0.15) is 0 Å². The number of fused-ring (bicyclic) bond motifs is 1. The van der Waals surface area contributed by atoms with E-state index in [-0.39, 0.29) is 5.54 Å². The van der Waals surface area contributed by atoms with Crippen LogP contribution in [0.25, 0.3) is 10.9 Å². The highest BCUT2D eigenvalue weighted by Crippen LogP contribution is 2.43. The molecule has 0 saturated heterocycles. The monoisotopic (exact) mass is 254 g/mol. The topological polar surface area (TPSA) is 38.9 Å². The smallest absolute Gasteiger partial charge is 0.0705 e. The van der Waals surface area contributed by atoms with Gasteiger partial charge < -0.3 is 5.73 Å². The molecule has 1 aromatic heterocycles. The molecule has 19 heavy (non-hydrogen) atoms. The molecule has 0 amide bonds. The molecule has 1 heterocycles. The molecule has 1 aromatic carbocycles. The third kappa shape index (κ3) is 2.04. The number of nitrogens with zero attached hydrogens (tertiary/aromatic N) is 1. The molecule has 0 bridgehead atoms. The first kappa shape index (κ1) is 12.6. The third-order valence-electron chi connectivity index (χ3n) is 4.81. The standard InChI is InChI=1S/C17H22N2/c1-12-8-9-13(2)17(18,11-12)15-6-3-7-16-14(15)5-4-10-19-16/h3-7,10,12-13H,8-9,11,18H2,1-2H3. The lowest BCUT2D eigenvalue weighted by molar-refractivity contribution is 0.163. The Morgan fingerprint density at radius 2 is 2.00 bits per heavy atom. The molecule has 2 aromatic rings. The fourth-order valence-electron chi connectivity index (χ4n) is 3.56. The fourth-order valence-corrected chi connectivity index (χ4v) is 3.56. The molecule has 0 radical (unpaired) electrons. The van der Waals surface area contributed by atoms with Gasteiger partial charge in [-0.3, -0.25) is 4.98 Å². The average molecular weight is 254 g/mol. The number of rotatable bonds is 1. The maximum Gasteiger partial charge on any atom is 0.0705 e. The van der Waals surface area contributed by atoms with Crippen LogP contribution in [0.2, 0.25) is 0 Å². The van der Waals surface area contributed by atoms with Crippen LogP contribution < -0.4 is 5.73 Å². The van der Waals surface area contributed by atoms with Crippen LogP contribution in [0.5, 0.6) is 0 Å². The summed E-state index contributed by atoms with van der Waals surface area (Å²) in [6.45, 7) is 4.61. The van der Waals surface area contributed by atoms with Crippen molar-refractivity contribution in [3.8, 4) is 0 Å². The zero-order chi connectivity index (χ0) is 13.5. The molecule has 2 heteroatoms. The SMILES string of the molecule is CC1CCC(C)C(N)(c2cccc3ncccc23)C1. The predicted octanol–water partition coefficient (Wildman–Crippen LogP) is 3.84. The lowest BCUT2D eigenvalue weighted by Crippen LogP contribution is -2.47. The van der Waals surface area contributed by atoms with Crippen LogP contribution in [0.3, 0.4) is 0 Å². The maximum absolute atomic E-state index is 6.85. The van der Waals surface area contributed by atoms with E-state index in [4.69, 9.17) is 5.73 Å². The summed E-state index contributed by atoms with van der Waals surface area (Å²) in [5, 5.41) is 1.22. The van der Waals surface area contributed by atoms with Gasteiger partial charge in [0.1, 0.15) is 0 Å². The van der Waals surface area contributed by atoms with Crippen molar-refractivity contribution in [3.63, 3.8) is 0 Å². The second-order valence-corrected chi connectivity index (χ2v) is 6.20. The zero-order valence-corrected chi connectivity index (χ0v) is 11.8. The van der Waals surface area contributed by atoms with Crippen LogP contribution in [0.4, 0.5) is 0 Å². The molecule has 1 saturated carbocycles. The molecular formula is C17H22N2. The summed E-state index contributed by atoms with van der Waals surface area (Å²) in [6.07, 6.45) is 5.43. The van der Waals surface area contributed by atoms with Crippen LogP contribution in [-0.4, -0.2) is 4.98 Å². The van der Waals surface area contributed by atoms with Crippen LogP contribution in [0.15, 0.2) is 36.5 Å². The summed E-state index contributed by atoms with van der Waals surface area (Å²) in [5.41, 5.74) is 8.97. The Hall–Kier alpha value is -1.41. The van der Waals surface area contributed by atoms with Gasteiger partial charge in [0.15, 0.2) is 0 Å². The number of hydrogen-bond acceptors (Lipinski definition) is 2. The largest absolute Gasteiger partial charge is 0.321 e. The molecule has 1 fully saturated rings. The van der Waals surface area contributed by atoms with Gasteiger partial charge in [-0.15, -0.1) is 0 Å². The minimum Gasteiger partial charge on any atom is -0.321 e. The fraction of sp³-hybridized carbons (Fsp3) is 0.471. The Bertz CT molecular complexity index is 587. The normalized spacial score (nSPS) is 31.5. The number of pyridine rings is 1. The summed E-state index contributed by atoms with van der Waals surface area (Å²) in [5.74, 6) is 1.22. The molecule has 1 aliphatic carbocycles. The van der Waals surface area contributed by atoms with E-state index < -0.39 is 0 Å². The minimum absolute atomic E-state index is 0.208. The van der Waals surface area contributed by atoms with E-state index in [1.54, 1.807) is 0 Å². The lowest BCUT2D eigenvalue weighted by Gasteiger charge is -2.43. The minimum atomic E-state index is -0.208. The maximum atomic E-state index is 6.85. The molecule has 100 valence electrons. The van der Waals surface area contributed by atoms with Crippen LogP contribution in [0, 0.1) is 11.8 Å². The number of aromatic nitrogens is 1. The highest BCUT2D eigenvalue weighted by Gasteiger charge is 2.39. The van der Waals surface area contributed by atoms with Crippen LogP contribution in [0.1, 0.15) is 38.7 Å². The number of hydrogen-bond donors (Lipinski definition) is 1. The summed E-state index contributed by atoms with van der Waals surface area (Å²) in [4.78, 5) is 4.46. The van der Waals surface area contributed by atoms with Gasteiger partial charge in [0.2, 0.25) is 0 Å². The van der Waals surface area contributed by atoms with Gasteiger partial charge in [-0.25, -0.2) is 0 Å². The second kappa shape index (κ2) is 4.61. The average Bonchev–Trinajstić information content (AvgIpc) is 2.42. The van der Waals surface area contributed by atoms with E-state index in [0.29, 0.717) is 11.8 Å². The van der Waals surface area contributed by atoms with Crippen LogP contribution >= 0.6 is 0 Å². The van der Waals surface area contributed by atoms with Gasteiger partial charge >= 0.3 is 0 Å². The molecule has 2 nitrogen and oxygen atoms in total. The van der Waals surface area contributed by atoms with Crippen molar-refractivity contribution in [2.45, 2.75) is 38.6 Å². The Kier molecular flexibility index (Phi) is 3.06. The first-order chi connectivity index (χ1) is 9.11. The van der Waals surface area contributed by atoms with E-state index in [1.807, 2.05) is 12.3 Å². The Labute approximate surface area is 115 Å². The molecule has 3 atom stereocenters. The Morgan fingerprint density at radius 3 is 2.84 bits per heavy atom. The third-order valence-corrected chi connectivity index (χ3v) is 4.81. The van der Waals surface area contributed by atoms with Crippen molar-refractivity contribution in [2.24, 2.45) is 17.6 Å².